The van der Waals surface area contributed by atoms with Crippen molar-refractivity contribution in [2.24, 2.45) is 0 Å². The Morgan fingerprint density at radius 2 is 0.774 bits per heavy atom. The van der Waals surface area contributed by atoms with Crippen molar-refractivity contribution in [2.45, 2.75) is 19.3 Å². The highest BCUT2D eigenvalue weighted by molar-refractivity contribution is 5.85. The second-order valence-corrected chi connectivity index (χ2v) is 14.0. The molecule has 9 rings (SSSR count). The Hall–Kier alpha value is -6.96. The average molecular weight is 679 g/mol. The molecule has 0 saturated heterocycles. The fraction of sp³-hybridized carbons (Fsp3) is 0.0612. The van der Waals surface area contributed by atoms with Crippen LogP contribution >= 0.6 is 0 Å². The molecule has 0 unspecified atom stereocenters. The highest BCUT2D eigenvalue weighted by Gasteiger charge is 2.35. The summed E-state index contributed by atoms with van der Waals surface area (Å²) < 4.78 is 0. The van der Waals surface area contributed by atoms with Crippen molar-refractivity contribution < 1.29 is 0 Å². The van der Waals surface area contributed by atoms with Gasteiger partial charge in [-0.25, -0.2) is 15.0 Å². The molecule has 8 aromatic rings. The summed E-state index contributed by atoms with van der Waals surface area (Å²) >= 11 is 0. The summed E-state index contributed by atoms with van der Waals surface area (Å²) in [5.41, 5.74) is 15.0. The van der Waals surface area contributed by atoms with Gasteiger partial charge in [0.15, 0.2) is 17.5 Å². The largest absolute Gasteiger partial charge is 0.208 e. The molecule has 0 N–H and O–H groups in total. The van der Waals surface area contributed by atoms with Gasteiger partial charge in [0.1, 0.15) is 0 Å². The molecular weight excluding hydrogens is 645 g/mol. The summed E-state index contributed by atoms with van der Waals surface area (Å²) in [7, 11) is 0. The lowest BCUT2D eigenvalue weighted by molar-refractivity contribution is 0.660. The Morgan fingerprint density at radius 3 is 1.38 bits per heavy atom. The van der Waals surface area contributed by atoms with Crippen LogP contribution in [0.5, 0.6) is 0 Å². The normalized spacial score (nSPS) is 12.5. The van der Waals surface area contributed by atoms with Gasteiger partial charge in [0.2, 0.25) is 0 Å². The fourth-order valence-corrected chi connectivity index (χ4v) is 7.50. The lowest BCUT2D eigenvalue weighted by atomic mass is 9.81. The maximum absolute atomic E-state index is 9.55. The molecule has 1 aliphatic carbocycles. The van der Waals surface area contributed by atoms with E-state index in [0.717, 1.165) is 44.5 Å². The van der Waals surface area contributed by atoms with E-state index in [1.165, 1.54) is 27.8 Å². The highest BCUT2D eigenvalue weighted by atomic mass is 15.0. The van der Waals surface area contributed by atoms with E-state index in [0.29, 0.717) is 23.0 Å². The number of nitrogens with zero attached hydrogens (tertiary/aromatic N) is 4. The number of hydrogen-bond donors (Lipinski definition) is 0. The summed E-state index contributed by atoms with van der Waals surface area (Å²) in [5, 5.41) is 9.55. The molecule has 0 spiro atoms. The van der Waals surface area contributed by atoms with E-state index in [4.69, 9.17) is 15.0 Å². The number of aromatic nitrogens is 3. The SMILES string of the molecule is CC1(C)c2cc(C#N)ccc2-c2ccc(-c3cccc(-c4cccc(-c5nc(-c6ccccc6)nc(-c6ccc(-c7ccccc7)cc6)n5)c4)c3)cc21. The summed E-state index contributed by atoms with van der Waals surface area (Å²) in [6.07, 6.45) is 0. The van der Waals surface area contributed by atoms with E-state index in [1.54, 1.807) is 0 Å². The van der Waals surface area contributed by atoms with Crippen molar-refractivity contribution in [3.8, 4) is 84.7 Å². The van der Waals surface area contributed by atoms with Gasteiger partial charge < -0.3 is 0 Å². The Labute approximate surface area is 309 Å². The Morgan fingerprint density at radius 1 is 0.377 bits per heavy atom. The average Bonchev–Trinajstić information content (AvgIpc) is 3.46. The van der Waals surface area contributed by atoms with Crippen LogP contribution in [0.3, 0.4) is 0 Å². The van der Waals surface area contributed by atoms with Crippen molar-refractivity contribution in [2.75, 3.05) is 0 Å². The van der Waals surface area contributed by atoms with Gasteiger partial charge in [0.25, 0.3) is 0 Å². The Balaban J connectivity index is 1.08. The topological polar surface area (TPSA) is 62.5 Å². The van der Waals surface area contributed by atoms with Crippen LogP contribution in [0.1, 0.15) is 30.5 Å². The molecule has 0 aliphatic heterocycles. The third kappa shape index (κ3) is 5.89. The molecule has 0 fully saturated rings. The molecule has 53 heavy (non-hydrogen) atoms. The first-order valence-corrected chi connectivity index (χ1v) is 17.8. The van der Waals surface area contributed by atoms with Gasteiger partial charge >= 0.3 is 0 Å². The molecule has 0 amide bonds. The van der Waals surface area contributed by atoms with E-state index >= 15 is 0 Å². The summed E-state index contributed by atoms with van der Waals surface area (Å²) in [6, 6.07) is 61.1. The van der Waals surface area contributed by atoms with E-state index in [9.17, 15) is 5.26 Å². The maximum atomic E-state index is 9.55. The first kappa shape index (κ1) is 32.0. The summed E-state index contributed by atoms with van der Waals surface area (Å²) in [4.78, 5) is 15.0. The lowest BCUT2D eigenvalue weighted by Gasteiger charge is -2.22. The highest BCUT2D eigenvalue weighted by Crippen LogP contribution is 2.50. The zero-order valence-corrected chi connectivity index (χ0v) is 29.5. The van der Waals surface area contributed by atoms with Crippen molar-refractivity contribution >= 4 is 0 Å². The van der Waals surface area contributed by atoms with Crippen LogP contribution in [-0.4, -0.2) is 15.0 Å². The van der Waals surface area contributed by atoms with Crippen molar-refractivity contribution in [3.63, 3.8) is 0 Å². The molecule has 1 aliphatic rings. The molecule has 1 aromatic heterocycles. The Bertz CT molecular complexity index is 2690. The molecule has 0 radical (unpaired) electrons. The standard InChI is InChI=1S/C49H34N4/c1-49(2)44-27-32(31-50)19-25-42(44)43-26-24-40(30-45(43)49)38-16-9-15-37(28-38)39-17-10-18-41(29-39)48-52-46(35-13-7-4-8-14-35)51-47(53-48)36-22-20-34(21-23-36)33-11-5-3-6-12-33/h3-30H,1-2H3. The third-order valence-corrected chi connectivity index (χ3v) is 10.4. The monoisotopic (exact) mass is 678 g/mol. The predicted molar refractivity (Wildman–Crippen MR) is 215 cm³/mol. The summed E-state index contributed by atoms with van der Waals surface area (Å²) in [6.45, 7) is 4.50. The van der Waals surface area contributed by atoms with Gasteiger partial charge in [-0.1, -0.05) is 153 Å². The second-order valence-electron chi connectivity index (χ2n) is 14.0. The van der Waals surface area contributed by atoms with Gasteiger partial charge in [-0.05, 0) is 86.0 Å². The van der Waals surface area contributed by atoms with Gasteiger partial charge in [0, 0.05) is 22.1 Å². The third-order valence-electron chi connectivity index (χ3n) is 10.4. The van der Waals surface area contributed by atoms with Crippen LogP contribution in [0, 0.1) is 11.3 Å². The quantitative estimate of drug-likeness (QED) is 0.176. The Kier molecular flexibility index (Phi) is 7.83. The minimum atomic E-state index is -0.203. The van der Waals surface area contributed by atoms with Crippen LogP contribution in [-0.2, 0) is 5.41 Å². The molecule has 4 heteroatoms. The smallest absolute Gasteiger partial charge is 0.164 e. The van der Waals surface area contributed by atoms with Gasteiger partial charge in [0.05, 0.1) is 11.6 Å². The van der Waals surface area contributed by atoms with E-state index < -0.39 is 0 Å². The van der Waals surface area contributed by atoms with Crippen LogP contribution < -0.4 is 0 Å². The number of hydrogen-bond acceptors (Lipinski definition) is 4. The first-order chi connectivity index (χ1) is 25.9. The molecule has 1 heterocycles. The molecule has 4 nitrogen and oxygen atoms in total. The molecule has 0 bridgehead atoms. The summed E-state index contributed by atoms with van der Waals surface area (Å²) in [5.74, 6) is 1.89. The van der Waals surface area contributed by atoms with Gasteiger partial charge in [-0.15, -0.1) is 0 Å². The number of fused-ring (bicyclic) bond motifs is 3. The van der Waals surface area contributed by atoms with E-state index in [1.807, 2.05) is 48.5 Å². The van der Waals surface area contributed by atoms with Gasteiger partial charge in [-0.2, -0.15) is 5.26 Å². The number of benzene rings is 7. The zero-order chi connectivity index (χ0) is 35.9. The van der Waals surface area contributed by atoms with Crippen molar-refractivity contribution in [1.82, 2.24) is 15.0 Å². The van der Waals surface area contributed by atoms with E-state index in [2.05, 4.69) is 141 Å². The maximum Gasteiger partial charge on any atom is 0.164 e. The van der Waals surface area contributed by atoms with Crippen LogP contribution in [0.25, 0.3) is 78.7 Å². The predicted octanol–water partition coefficient (Wildman–Crippen LogP) is 12.1. The zero-order valence-electron chi connectivity index (χ0n) is 29.5. The number of rotatable bonds is 6. The number of nitriles is 1. The van der Waals surface area contributed by atoms with Crippen molar-refractivity contribution in [1.29, 1.82) is 5.26 Å². The molecule has 0 atom stereocenters. The van der Waals surface area contributed by atoms with Crippen LogP contribution in [0.2, 0.25) is 0 Å². The molecule has 250 valence electrons. The van der Waals surface area contributed by atoms with Crippen molar-refractivity contribution in [3.05, 3.63) is 187 Å². The first-order valence-electron chi connectivity index (χ1n) is 17.8. The van der Waals surface area contributed by atoms with Crippen LogP contribution in [0.4, 0.5) is 0 Å². The second kappa shape index (κ2) is 13.0. The minimum absolute atomic E-state index is 0.203. The minimum Gasteiger partial charge on any atom is -0.208 e. The molecule has 7 aromatic carbocycles. The molecular formula is C49H34N4. The van der Waals surface area contributed by atoms with Gasteiger partial charge in [-0.3, -0.25) is 0 Å². The van der Waals surface area contributed by atoms with E-state index in [-0.39, 0.29) is 5.41 Å². The van der Waals surface area contributed by atoms with Crippen LogP contribution in [0.15, 0.2) is 170 Å². The fourth-order valence-electron chi connectivity index (χ4n) is 7.50. The lowest BCUT2D eigenvalue weighted by Crippen LogP contribution is -2.15. The molecule has 0 saturated carbocycles.